The van der Waals surface area contributed by atoms with Crippen molar-refractivity contribution in [1.29, 1.82) is 0 Å². The van der Waals surface area contributed by atoms with Crippen LogP contribution in [0.25, 0.3) is 22.3 Å². The van der Waals surface area contributed by atoms with Crippen molar-refractivity contribution in [3.8, 4) is 33.8 Å². The van der Waals surface area contributed by atoms with Gasteiger partial charge in [-0.25, -0.2) is 9.59 Å². The molecule has 0 heterocycles. The summed E-state index contributed by atoms with van der Waals surface area (Å²) in [5, 5.41) is 27.5. The second-order valence-corrected chi connectivity index (χ2v) is 11.1. The van der Waals surface area contributed by atoms with Crippen LogP contribution >= 0.6 is 23.2 Å². The Hall–Kier alpha value is -5.82. The Labute approximate surface area is 303 Å². The number of anilines is 2. The molecule has 53 heavy (non-hydrogen) atoms. The van der Waals surface area contributed by atoms with E-state index in [2.05, 4.69) is 10.6 Å². The van der Waals surface area contributed by atoms with Crippen molar-refractivity contribution < 1.29 is 60.0 Å². The van der Waals surface area contributed by atoms with Crippen LogP contribution in [0.4, 0.5) is 58.7 Å². The summed E-state index contributed by atoms with van der Waals surface area (Å²) in [6.07, 6.45) is -12.0. The van der Waals surface area contributed by atoms with Crippen molar-refractivity contribution >= 4 is 58.1 Å². The fourth-order valence-corrected chi connectivity index (χ4v) is 5.24. The Bertz CT molecular complexity index is 1930. The van der Waals surface area contributed by atoms with Gasteiger partial charge in [0.25, 0.3) is 0 Å². The molecule has 0 saturated carbocycles. The van der Waals surface area contributed by atoms with E-state index in [-0.39, 0.29) is 24.3 Å². The number of rotatable bonds is 10. The number of nitrogens with one attached hydrogen (secondary N) is 2. The van der Waals surface area contributed by atoms with Crippen LogP contribution in [0.2, 0.25) is 10.0 Å². The first kappa shape index (κ1) is 40.0. The molecule has 0 spiro atoms. The van der Waals surface area contributed by atoms with Gasteiger partial charge in [-0.3, -0.25) is 30.9 Å². The second kappa shape index (κ2) is 15.8. The predicted octanol–water partition coefficient (Wildman–Crippen LogP) is 11.1. The van der Waals surface area contributed by atoms with Crippen LogP contribution < -0.4 is 15.4 Å². The number of ether oxygens (including phenoxy) is 3. The first-order valence-corrected chi connectivity index (χ1v) is 15.5. The smallest absolute Gasteiger partial charge is 0.416 e. The summed E-state index contributed by atoms with van der Waals surface area (Å²) >= 11 is 13.0. The Kier molecular flexibility index (Phi) is 11.9. The number of carbonyl (C=O) groups is 2. The molecular weight excluding hydrogens is 769 g/mol. The minimum atomic E-state index is -4.78. The number of halogens is 8. The SMILES string of the molecule is CCOC(=O)Nc1c(Cl)c(Oc2cc(-c3ccc(C(F)(F)F)cc3)c([N+](=O)[O-])c(NC(=O)OCC)c2Cl)cc(-c2ccc(C(F)(F)F)cc2)c1[N+](=O)[O-]. The van der Waals surface area contributed by atoms with Crippen molar-refractivity contribution in [2.75, 3.05) is 23.8 Å². The van der Waals surface area contributed by atoms with Gasteiger partial charge < -0.3 is 14.2 Å². The number of alkyl halides is 6. The highest BCUT2D eigenvalue weighted by atomic mass is 35.5. The standard InChI is InChI=1S/C32H22Cl2F6N4O9/c1-3-51-29(45)41-25-23(33)21(13-19(27(25)43(47)48)15-5-9-17(10-6-15)31(35,36)37)53-22-14-20(16-7-11-18(12-8-16)32(38,39)40)28(44(49)50)26(24(22)34)42-30(46)52-4-2/h5-14H,3-4H2,1-2H3,(H,41,45)(H,42,46). The number of amides is 2. The van der Waals surface area contributed by atoms with Crippen LogP contribution in [0.1, 0.15) is 25.0 Å². The molecule has 2 amide bonds. The highest BCUT2D eigenvalue weighted by molar-refractivity contribution is 6.37. The van der Waals surface area contributed by atoms with E-state index in [4.69, 9.17) is 37.4 Å². The lowest BCUT2D eigenvalue weighted by atomic mass is 9.99. The zero-order valence-corrected chi connectivity index (χ0v) is 28.3. The van der Waals surface area contributed by atoms with Gasteiger partial charge in [0.2, 0.25) is 0 Å². The molecule has 0 atom stereocenters. The summed E-state index contributed by atoms with van der Waals surface area (Å²) in [6, 6.07) is 7.86. The molecule has 0 fully saturated rings. The molecule has 0 aliphatic carbocycles. The molecular formula is C32H22Cl2F6N4O9. The van der Waals surface area contributed by atoms with E-state index < -0.39 is 101 Å². The summed E-state index contributed by atoms with van der Waals surface area (Å²) in [7, 11) is 0. The van der Waals surface area contributed by atoms with Gasteiger partial charge in [-0.05, 0) is 61.4 Å². The Morgan fingerprint density at radius 2 is 0.981 bits per heavy atom. The minimum absolute atomic E-state index is 0.206. The topological polar surface area (TPSA) is 172 Å². The lowest BCUT2D eigenvalue weighted by molar-refractivity contribution is -0.383. The number of nitro groups is 2. The molecule has 280 valence electrons. The van der Waals surface area contributed by atoms with E-state index >= 15 is 0 Å². The molecule has 4 rings (SSSR count). The van der Waals surface area contributed by atoms with Crippen molar-refractivity contribution in [1.82, 2.24) is 0 Å². The maximum Gasteiger partial charge on any atom is 0.416 e. The summed E-state index contributed by atoms with van der Waals surface area (Å²) in [5.74, 6) is -1.18. The van der Waals surface area contributed by atoms with Gasteiger partial charge in [0, 0.05) is 0 Å². The average Bonchev–Trinajstić information content (AvgIpc) is 3.07. The quantitative estimate of drug-likeness (QED) is 0.0900. The Balaban J connectivity index is 2.04. The Morgan fingerprint density at radius 3 is 1.25 bits per heavy atom. The van der Waals surface area contributed by atoms with Crippen LogP contribution in [0, 0.1) is 20.2 Å². The van der Waals surface area contributed by atoms with Crippen molar-refractivity contribution in [2.45, 2.75) is 26.2 Å². The van der Waals surface area contributed by atoms with E-state index in [1.54, 1.807) is 0 Å². The minimum Gasteiger partial charge on any atom is -0.454 e. The molecule has 4 aromatic carbocycles. The molecule has 0 saturated heterocycles. The molecule has 21 heteroatoms. The number of benzene rings is 4. The molecule has 0 aromatic heterocycles. The number of hydrogen-bond donors (Lipinski definition) is 2. The van der Waals surface area contributed by atoms with E-state index in [1.807, 2.05) is 0 Å². The Morgan fingerprint density at radius 1 is 0.660 bits per heavy atom. The first-order valence-electron chi connectivity index (χ1n) is 14.7. The summed E-state index contributed by atoms with van der Waals surface area (Å²) in [5.41, 5.74) is -6.88. The van der Waals surface area contributed by atoms with E-state index in [1.165, 1.54) is 13.8 Å². The van der Waals surface area contributed by atoms with Gasteiger partial charge >= 0.3 is 35.9 Å². The average molecular weight is 791 g/mol. The largest absolute Gasteiger partial charge is 0.454 e. The van der Waals surface area contributed by atoms with Crippen LogP contribution in [0.5, 0.6) is 11.5 Å². The molecule has 0 radical (unpaired) electrons. The number of carbonyl (C=O) groups excluding carboxylic acids is 2. The normalized spacial score (nSPS) is 11.4. The monoisotopic (exact) mass is 790 g/mol. The van der Waals surface area contributed by atoms with Gasteiger partial charge in [-0.2, -0.15) is 26.3 Å². The first-order chi connectivity index (χ1) is 24.8. The molecule has 13 nitrogen and oxygen atoms in total. The third-order valence-electron chi connectivity index (χ3n) is 7.04. The van der Waals surface area contributed by atoms with Crippen LogP contribution in [-0.2, 0) is 21.8 Å². The van der Waals surface area contributed by atoms with Gasteiger partial charge in [0.05, 0.1) is 45.3 Å². The van der Waals surface area contributed by atoms with Crippen LogP contribution in [-0.4, -0.2) is 35.2 Å². The number of nitrogens with zero attached hydrogens (tertiary/aromatic N) is 2. The fourth-order valence-electron chi connectivity index (χ4n) is 4.78. The van der Waals surface area contributed by atoms with E-state index in [9.17, 15) is 56.2 Å². The maximum absolute atomic E-state index is 13.3. The third kappa shape index (κ3) is 8.98. The van der Waals surface area contributed by atoms with Crippen LogP contribution in [0.15, 0.2) is 60.7 Å². The number of nitro benzene ring substituents is 2. The molecule has 2 N–H and O–H groups in total. The van der Waals surface area contributed by atoms with Gasteiger partial charge in [-0.15, -0.1) is 0 Å². The molecule has 0 bridgehead atoms. The van der Waals surface area contributed by atoms with E-state index in [0.717, 1.165) is 36.4 Å². The maximum atomic E-state index is 13.3. The third-order valence-corrected chi connectivity index (χ3v) is 7.79. The zero-order chi connectivity index (χ0) is 39.4. The van der Waals surface area contributed by atoms with Crippen molar-refractivity contribution in [3.05, 3.63) is 102 Å². The van der Waals surface area contributed by atoms with Gasteiger partial charge in [0.15, 0.2) is 0 Å². The van der Waals surface area contributed by atoms with Gasteiger partial charge in [-0.1, -0.05) is 47.5 Å². The molecule has 0 unspecified atom stereocenters. The number of hydrogen-bond acceptors (Lipinski definition) is 9. The highest BCUT2D eigenvalue weighted by Gasteiger charge is 2.35. The molecule has 4 aromatic rings. The lowest BCUT2D eigenvalue weighted by Gasteiger charge is -2.19. The summed E-state index contributed by atoms with van der Waals surface area (Å²) in [4.78, 5) is 47.7. The second-order valence-electron chi connectivity index (χ2n) is 10.4. The van der Waals surface area contributed by atoms with Crippen LogP contribution in [0.3, 0.4) is 0 Å². The van der Waals surface area contributed by atoms with Gasteiger partial charge in [0.1, 0.15) is 32.9 Å². The fraction of sp³-hybridized carbons (Fsp3) is 0.188. The lowest BCUT2D eigenvalue weighted by Crippen LogP contribution is -2.16. The summed E-state index contributed by atoms with van der Waals surface area (Å²) in [6.45, 7) is 2.41. The predicted molar refractivity (Wildman–Crippen MR) is 178 cm³/mol. The zero-order valence-electron chi connectivity index (χ0n) is 26.8. The molecule has 0 aliphatic heterocycles. The molecule has 0 aliphatic rings. The highest BCUT2D eigenvalue weighted by Crippen LogP contribution is 2.52. The summed E-state index contributed by atoms with van der Waals surface area (Å²) < 4.78 is 95.4. The van der Waals surface area contributed by atoms with Crippen molar-refractivity contribution in [2.24, 2.45) is 0 Å². The van der Waals surface area contributed by atoms with Crippen molar-refractivity contribution in [3.63, 3.8) is 0 Å². The van der Waals surface area contributed by atoms with E-state index in [0.29, 0.717) is 24.3 Å².